The molecule has 0 amide bonds. The summed E-state index contributed by atoms with van der Waals surface area (Å²) in [6.45, 7) is 0. The van der Waals surface area contributed by atoms with Crippen LogP contribution >= 0.6 is 11.6 Å². The fourth-order valence-electron chi connectivity index (χ4n) is 2.91. The van der Waals surface area contributed by atoms with E-state index in [9.17, 15) is 9.59 Å². The van der Waals surface area contributed by atoms with E-state index in [2.05, 4.69) is 0 Å². The maximum absolute atomic E-state index is 12.4. The zero-order valence-corrected chi connectivity index (χ0v) is 10.6. The Morgan fingerprint density at radius 3 is 2.00 bits per heavy atom. The second-order valence-corrected chi connectivity index (χ2v) is 5.26. The van der Waals surface area contributed by atoms with Crippen LogP contribution in [0.4, 0.5) is 0 Å². The Bertz CT molecular complexity index is 766. The number of halogens is 1. The molecule has 2 aliphatic rings. The monoisotopic (exact) mass is 275 g/mol. The minimum atomic E-state index is -0.288. The minimum absolute atomic E-state index is 0.0127. The smallest absolute Gasteiger partial charge is 0.245 e. The lowest BCUT2D eigenvalue weighted by molar-refractivity contribution is 0.505. The summed E-state index contributed by atoms with van der Waals surface area (Å²) in [5.41, 5.74) is -0.0263. The van der Waals surface area contributed by atoms with Gasteiger partial charge in [-0.1, -0.05) is 23.8 Å². The molecule has 0 saturated carbocycles. The Morgan fingerprint density at radius 1 is 0.947 bits per heavy atom. The van der Waals surface area contributed by atoms with Crippen LogP contribution in [0.2, 0.25) is 5.02 Å². The van der Waals surface area contributed by atoms with E-state index in [-0.39, 0.29) is 23.5 Å². The van der Waals surface area contributed by atoms with Crippen molar-refractivity contribution in [2.45, 2.75) is 18.5 Å². The molecule has 0 fully saturated rings. The molecule has 0 radical (unpaired) electrons. The molecule has 96 valence electrons. The Hall–Kier alpha value is -2.01. The highest BCUT2D eigenvalue weighted by molar-refractivity contribution is 6.30. The van der Waals surface area contributed by atoms with Crippen LogP contribution in [0.1, 0.15) is 18.5 Å². The van der Waals surface area contributed by atoms with Crippen LogP contribution in [0.15, 0.2) is 46.0 Å². The summed E-state index contributed by atoms with van der Waals surface area (Å²) in [6.07, 6.45) is 4.78. The standard InChI is InChI=1S/C13H10ClN3O2/c14-8-1-3-9(4-2-8)15-12(18)16-10-5-6-11(7-10)17(16)13(15)19/h1-6,10-11H,7H2. The first-order valence-corrected chi connectivity index (χ1v) is 6.45. The molecular formula is C13H10ClN3O2. The molecule has 2 bridgehead atoms. The second-order valence-electron chi connectivity index (χ2n) is 4.82. The quantitative estimate of drug-likeness (QED) is 0.741. The van der Waals surface area contributed by atoms with Gasteiger partial charge in [0.2, 0.25) is 0 Å². The Balaban J connectivity index is 2.00. The first kappa shape index (κ1) is 10.9. The van der Waals surface area contributed by atoms with Gasteiger partial charge >= 0.3 is 11.4 Å². The first-order valence-electron chi connectivity index (χ1n) is 6.07. The topological polar surface area (TPSA) is 48.9 Å². The highest BCUT2D eigenvalue weighted by atomic mass is 35.5. The van der Waals surface area contributed by atoms with Crippen molar-refractivity contribution in [1.29, 1.82) is 0 Å². The summed E-state index contributed by atoms with van der Waals surface area (Å²) >= 11 is 5.82. The number of hydrogen-bond acceptors (Lipinski definition) is 2. The van der Waals surface area contributed by atoms with Gasteiger partial charge in [-0.05, 0) is 30.7 Å². The maximum atomic E-state index is 12.4. The zero-order chi connectivity index (χ0) is 13.1. The van der Waals surface area contributed by atoms with Crippen molar-refractivity contribution in [1.82, 2.24) is 13.9 Å². The van der Waals surface area contributed by atoms with Crippen molar-refractivity contribution in [3.8, 4) is 5.69 Å². The average Bonchev–Trinajstić information content (AvgIpc) is 3.06. The lowest BCUT2D eigenvalue weighted by Crippen LogP contribution is -2.28. The third-order valence-corrected chi connectivity index (χ3v) is 4.01. The van der Waals surface area contributed by atoms with Crippen LogP contribution in [-0.4, -0.2) is 13.9 Å². The lowest BCUT2D eigenvalue weighted by Gasteiger charge is -2.07. The predicted octanol–water partition coefficient (Wildman–Crippen LogP) is 1.51. The summed E-state index contributed by atoms with van der Waals surface area (Å²) in [6, 6.07) is 6.72. The molecule has 1 aliphatic carbocycles. The van der Waals surface area contributed by atoms with Crippen LogP contribution in [0.25, 0.3) is 5.69 Å². The maximum Gasteiger partial charge on any atom is 0.352 e. The van der Waals surface area contributed by atoms with Crippen LogP contribution in [-0.2, 0) is 0 Å². The van der Waals surface area contributed by atoms with Gasteiger partial charge in [0.1, 0.15) is 0 Å². The van der Waals surface area contributed by atoms with Crippen molar-refractivity contribution < 1.29 is 0 Å². The van der Waals surface area contributed by atoms with Crippen molar-refractivity contribution in [3.63, 3.8) is 0 Å². The highest BCUT2D eigenvalue weighted by Gasteiger charge is 2.37. The molecule has 2 unspecified atom stereocenters. The molecule has 6 heteroatoms. The average molecular weight is 276 g/mol. The van der Waals surface area contributed by atoms with Gasteiger partial charge in [0.15, 0.2) is 0 Å². The molecular weight excluding hydrogens is 266 g/mol. The van der Waals surface area contributed by atoms with Crippen LogP contribution in [0.3, 0.4) is 0 Å². The van der Waals surface area contributed by atoms with Gasteiger partial charge in [-0.15, -0.1) is 0 Å². The number of fused-ring (bicyclic) bond motifs is 5. The van der Waals surface area contributed by atoms with Crippen LogP contribution in [0, 0.1) is 0 Å². The molecule has 1 aromatic carbocycles. The fraction of sp³-hybridized carbons (Fsp3) is 0.231. The number of hydrogen-bond donors (Lipinski definition) is 0. The van der Waals surface area contributed by atoms with Gasteiger partial charge in [0, 0.05) is 5.02 Å². The molecule has 2 aromatic rings. The van der Waals surface area contributed by atoms with E-state index in [0.29, 0.717) is 10.7 Å². The fourth-order valence-corrected chi connectivity index (χ4v) is 3.04. The van der Waals surface area contributed by atoms with Gasteiger partial charge in [-0.25, -0.2) is 23.5 Å². The molecule has 4 rings (SSSR count). The summed E-state index contributed by atoms with van der Waals surface area (Å²) in [7, 11) is 0. The van der Waals surface area contributed by atoms with Gasteiger partial charge in [0.25, 0.3) is 0 Å². The predicted molar refractivity (Wildman–Crippen MR) is 71.1 cm³/mol. The molecule has 19 heavy (non-hydrogen) atoms. The van der Waals surface area contributed by atoms with E-state index >= 15 is 0 Å². The van der Waals surface area contributed by atoms with Crippen LogP contribution in [0.5, 0.6) is 0 Å². The van der Waals surface area contributed by atoms with Gasteiger partial charge in [-0.3, -0.25) is 0 Å². The van der Waals surface area contributed by atoms with Gasteiger partial charge in [-0.2, -0.15) is 0 Å². The Kier molecular flexibility index (Phi) is 2.01. The van der Waals surface area contributed by atoms with E-state index in [1.165, 1.54) is 4.57 Å². The van der Waals surface area contributed by atoms with E-state index < -0.39 is 0 Å². The van der Waals surface area contributed by atoms with E-state index in [1.54, 1.807) is 33.6 Å². The van der Waals surface area contributed by atoms with Crippen molar-refractivity contribution in [3.05, 3.63) is 62.4 Å². The Labute approximate surface area is 112 Å². The van der Waals surface area contributed by atoms with Crippen molar-refractivity contribution >= 4 is 11.6 Å². The summed E-state index contributed by atoms with van der Waals surface area (Å²) in [4.78, 5) is 24.8. The third kappa shape index (κ3) is 1.30. The van der Waals surface area contributed by atoms with Crippen LogP contribution < -0.4 is 11.4 Å². The first-order chi connectivity index (χ1) is 9.16. The van der Waals surface area contributed by atoms with Gasteiger partial charge in [0.05, 0.1) is 17.8 Å². The molecule has 2 atom stereocenters. The largest absolute Gasteiger partial charge is 0.352 e. The number of rotatable bonds is 1. The number of nitrogens with zero attached hydrogens (tertiary/aromatic N) is 3. The molecule has 0 saturated heterocycles. The molecule has 0 N–H and O–H groups in total. The highest BCUT2D eigenvalue weighted by Crippen LogP contribution is 2.35. The second kappa shape index (κ2) is 3.51. The zero-order valence-electron chi connectivity index (χ0n) is 9.86. The molecule has 2 heterocycles. The molecule has 0 spiro atoms. The lowest BCUT2D eigenvalue weighted by atomic mass is 10.2. The van der Waals surface area contributed by atoms with E-state index in [1.807, 2.05) is 12.2 Å². The summed E-state index contributed by atoms with van der Waals surface area (Å²) in [5.74, 6) is 0. The minimum Gasteiger partial charge on any atom is -0.245 e. The SMILES string of the molecule is O=c1n(-c2ccc(Cl)cc2)c(=O)n2n1C1C=CC2C1. The van der Waals surface area contributed by atoms with Crippen molar-refractivity contribution in [2.24, 2.45) is 0 Å². The number of aromatic nitrogens is 3. The third-order valence-electron chi connectivity index (χ3n) is 3.76. The summed E-state index contributed by atoms with van der Waals surface area (Å²) in [5, 5.41) is 0.574. The molecule has 1 aliphatic heterocycles. The van der Waals surface area contributed by atoms with Gasteiger partial charge < -0.3 is 0 Å². The molecule has 1 aromatic heterocycles. The number of allylic oxidation sites excluding steroid dienone is 2. The number of benzene rings is 1. The Morgan fingerprint density at radius 2 is 1.47 bits per heavy atom. The molecule has 5 nitrogen and oxygen atoms in total. The summed E-state index contributed by atoms with van der Waals surface area (Å²) < 4.78 is 4.28. The van der Waals surface area contributed by atoms with E-state index in [4.69, 9.17) is 11.6 Å². The normalized spacial score (nSPS) is 23.0. The van der Waals surface area contributed by atoms with E-state index in [0.717, 1.165) is 6.42 Å². The van der Waals surface area contributed by atoms with Crippen molar-refractivity contribution in [2.75, 3.05) is 0 Å².